The van der Waals surface area contributed by atoms with E-state index in [9.17, 15) is 4.79 Å². The number of rotatable bonds is 0. The van der Waals surface area contributed by atoms with Gasteiger partial charge < -0.3 is 5.73 Å². The van der Waals surface area contributed by atoms with E-state index in [0.717, 1.165) is 17.0 Å². The van der Waals surface area contributed by atoms with Crippen LogP contribution >= 0.6 is 0 Å². The third kappa shape index (κ3) is 0.999. The molecule has 1 atom stereocenters. The standard InChI is InChI=1S/C10H8N4O/c11-10(15)14-6-1-2-9(14)7-3-4-12-13-8(7)5-6/h1-5,9H,(H2,11,15). The zero-order valence-corrected chi connectivity index (χ0v) is 7.79. The highest BCUT2D eigenvalue weighted by Gasteiger charge is 2.33. The van der Waals surface area contributed by atoms with E-state index in [2.05, 4.69) is 10.2 Å². The summed E-state index contributed by atoms with van der Waals surface area (Å²) in [4.78, 5) is 12.8. The number of nitrogens with zero attached hydrogens (tertiary/aromatic N) is 3. The Morgan fingerprint density at radius 2 is 2.40 bits per heavy atom. The quantitative estimate of drug-likeness (QED) is 0.674. The molecule has 0 aromatic carbocycles. The van der Waals surface area contributed by atoms with E-state index in [1.54, 1.807) is 11.1 Å². The SMILES string of the molecule is NC(=O)N1C2=Cc3nnccc3C1C=C2. The molecule has 2 aliphatic heterocycles. The van der Waals surface area contributed by atoms with Crippen LogP contribution in [0.3, 0.4) is 0 Å². The number of carbonyl (C=O) groups excluding carboxylic acids is 1. The fraction of sp³-hybridized carbons (Fsp3) is 0.100. The number of aromatic nitrogens is 2. The Labute approximate surface area is 85.9 Å². The van der Waals surface area contributed by atoms with Gasteiger partial charge in [0.1, 0.15) is 0 Å². The molecule has 0 spiro atoms. The van der Waals surface area contributed by atoms with Crippen LogP contribution in [0.1, 0.15) is 17.3 Å². The van der Waals surface area contributed by atoms with Crippen LogP contribution in [0, 0.1) is 0 Å². The Kier molecular flexibility index (Phi) is 1.45. The lowest BCUT2D eigenvalue weighted by atomic mass is 10.0. The molecule has 0 radical (unpaired) electrons. The van der Waals surface area contributed by atoms with Gasteiger partial charge in [-0.15, -0.1) is 0 Å². The molecular weight excluding hydrogens is 192 g/mol. The van der Waals surface area contributed by atoms with Crippen LogP contribution in [0.25, 0.3) is 6.08 Å². The number of hydrogen-bond donors (Lipinski definition) is 1. The van der Waals surface area contributed by atoms with Crippen molar-refractivity contribution in [3.63, 3.8) is 0 Å². The van der Waals surface area contributed by atoms with Crippen molar-refractivity contribution in [1.82, 2.24) is 15.1 Å². The molecule has 0 saturated carbocycles. The average molecular weight is 200 g/mol. The van der Waals surface area contributed by atoms with E-state index in [4.69, 9.17) is 5.73 Å². The van der Waals surface area contributed by atoms with Crippen LogP contribution in [-0.4, -0.2) is 21.1 Å². The van der Waals surface area contributed by atoms with Gasteiger partial charge in [-0.05, 0) is 18.2 Å². The van der Waals surface area contributed by atoms with Gasteiger partial charge in [0.25, 0.3) is 0 Å². The van der Waals surface area contributed by atoms with E-state index in [-0.39, 0.29) is 6.04 Å². The number of amides is 2. The lowest BCUT2D eigenvalue weighted by Gasteiger charge is -2.28. The molecule has 3 rings (SSSR count). The second-order valence-corrected chi connectivity index (χ2v) is 3.45. The fourth-order valence-corrected chi connectivity index (χ4v) is 2.00. The maximum Gasteiger partial charge on any atom is 0.320 e. The van der Waals surface area contributed by atoms with Crippen molar-refractivity contribution in [2.24, 2.45) is 5.73 Å². The second kappa shape index (κ2) is 2.66. The summed E-state index contributed by atoms with van der Waals surface area (Å²) in [5, 5.41) is 7.82. The molecular formula is C10H8N4O. The fourth-order valence-electron chi connectivity index (χ4n) is 2.00. The highest BCUT2D eigenvalue weighted by Crippen LogP contribution is 2.38. The minimum atomic E-state index is -0.446. The van der Waals surface area contributed by atoms with Crippen molar-refractivity contribution in [3.8, 4) is 0 Å². The normalized spacial score (nSPS) is 21.2. The van der Waals surface area contributed by atoms with E-state index < -0.39 is 6.03 Å². The highest BCUT2D eigenvalue weighted by atomic mass is 16.2. The maximum absolute atomic E-state index is 11.3. The van der Waals surface area contributed by atoms with Gasteiger partial charge >= 0.3 is 6.03 Å². The van der Waals surface area contributed by atoms with Crippen LogP contribution in [-0.2, 0) is 0 Å². The Hall–Kier alpha value is -2.17. The molecule has 5 nitrogen and oxygen atoms in total. The highest BCUT2D eigenvalue weighted by molar-refractivity contribution is 5.81. The molecule has 1 aromatic heterocycles. The summed E-state index contributed by atoms with van der Waals surface area (Å²) in [6.07, 6.45) is 7.23. The van der Waals surface area contributed by atoms with Crippen molar-refractivity contribution >= 4 is 12.1 Å². The second-order valence-electron chi connectivity index (χ2n) is 3.45. The molecule has 0 aliphatic carbocycles. The predicted octanol–water partition coefficient (Wildman–Crippen LogP) is 0.823. The zero-order chi connectivity index (χ0) is 10.4. The van der Waals surface area contributed by atoms with Gasteiger partial charge in [0, 0.05) is 17.5 Å². The van der Waals surface area contributed by atoms with Gasteiger partial charge in [0.2, 0.25) is 0 Å². The molecule has 15 heavy (non-hydrogen) atoms. The maximum atomic E-state index is 11.3. The molecule has 2 amide bonds. The summed E-state index contributed by atoms with van der Waals surface area (Å²) in [5.74, 6) is 0. The van der Waals surface area contributed by atoms with Crippen LogP contribution < -0.4 is 5.73 Å². The summed E-state index contributed by atoms with van der Waals surface area (Å²) in [6, 6.07) is 1.29. The van der Waals surface area contributed by atoms with Crippen LogP contribution in [0.5, 0.6) is 0 Å². The molecule has 2 N–H and O–H groups in total. The summed E-state index contributed by atoms with van der Waals surface area (Å²) in [6.45, 7) is 0. The van der Waals surface area contributed by atoms with Gasteiger partial charge in [-0.1, -0.05) is 6.08 Å². The predicted molar refractivity (Wildman–Crippen MR) is 53.3 cm³/mol. The van der Waals surface area contributed by atoms with Crippen LogP contribution in [0.2, 0.25) is 0 Å². The van der Waals surface area contributed by atoms with Crippen molar-refractivity contribution in [2.45, 2.75) is 6.04 Å². The number of urea groups is 1. The zero-order valence-electron chi connectivity index (χ0n) is 7.79. The lowest BCUT2D eigenvalue weighted by molar-refractivity contribution is 0.216. The monoisotopic (exact) mass is 200 g/mol. The number of carbonyl (C=O) groups is 1. The molecule has 0 saturated heterocycles. The summed E-state index contributed by atoms with van der Waals surface area (Å²) in [7, 11) is 0. The van der Waals surface area contributed by atoms with E-state index in [1.807, 2.05) is 24.3 Å². The van der Waals surface area contributed by atoms with E-state index >= 15 is 0 Å². The first-order valence-electron chi connectivity index (χ1n) is 4.57. The molecule has 0 fully saturated rings. The molecule has 3 heterocycles. The third-order valence-electron chi connectivity index (χ3n) is 2.63. The van der Waals surface area contributed by atoms with Gasteiger partial charge in [-0.25, -0.2) is 4.79 Å². The Balaban J connectivity index is 2.20. The first-order chi connectivity index (χ1) is 7.27. The van der Waals surface area contributed by atoms with Crippen LogP contribution in [0.15, 0.2) is 30.1 Å². The summed E-state index contributed by atoms with van der Waals surface area (Å²) in [5.41, 5.74) is 7.86. The van der Waals surface area contributed by atoms with Gasteiger partial charge in [0.05, 0.1) is 11.7 Å². The average Bonchev–Trinajstić information content (AvgIpc) is 2.55. The Morgan fingerprint density at radius 1 is 1.53 bits per heavy atom. The summed E-state index contributed by atoms with van der Waals surface area (Å²) >= 11 is 0. The largest absolute Gasteiger partial charge is 0.351 e. The number of nitrogens with two attached hydrogens (primary N) is 1. The third-order valence-corrected chi connectivity index (χ3v) is 2.63. The van der Waals surface area contributed by atoms with Crippen molar-refractivity contribution in [2.75, 3.05) is 0 Å². The first kappa shape index (κ1) is 8.16. The summed E-state index contributed by atoms with van der Waals surface area (Å²) < 4.78 is 0. The topological polar surface area (TPSA) is 72.1 Å². The number of allylic oxidation sites excluding steroid dienone is 1. The molecule has 74 valence electrons. The Morgan fingerprint density at radius 3 is 3.20 bits per heavy atom. The van der Waals surface area contributed by atoms with E-state index in [1.165, 1.54) is 0 Å². The van der Waals surface area contributed by atoms with Gasteiger partial charge in [-0.2, -0.15) is 10.2 Å². The van der Waals surface area contributed by atoms with Crippen molar-refractivity contribution < 1.29 is 4.79 Å². The Bertz CT molecular complexity index is 506. The molecule has 1 aromatic rings. The minimum Gasteiger partial charge on any atom is -0.351 e. The lowest BCUT2D eigenvalue weighted by Crippen LogP contribution is -2.36. The molecule has 2 bridgehead atoms. The minimum absolute atomic E-state index is 0.118. The number of fused-ring (bicyclic) bond motifs is 4. The first-order valence-corrected chi connectivity index (χ1v) is 4.57. The number of primary amides is 1. The number of hydrogen-bond acceptors (Lipinski definition) is 3. The van der Waals surface area contributed by atoms with Crippen molar-refractivity contribution in [3.05, 3.63) is 41.4 Å². The smallest absolute Gasteiger partial charge is 0.320 e. The van der Waals surface area contributed by atoms with Gasteiger partial charge in [-0.3, -0.25) is 4.90 Å². The molecule has 5 heteroatoms. The molecule has 1 unspecified atom stereocenters. The van der Waals surface area contributed by atoms with Gasteiger partial charge in [0.15, 0.2) is 0 Å². The van der Waals surface area contributed by atoms with Crippen LogP contribution in [0.4, 0.5) is 4.79 Å². The molecule has 2 aliphatic rings. The van der Waals surface area contributed by atoms with E-state index in [0.29, 0.717) is 0 Å². The van der Waals surface area contributed by atoms with Crippen molar-refractivity contribution in [1.29, 1.82) is 0 Å².